The third kappa shape index (κ3) is 5.76. The number of aryl methyl sites for hydroxylation is 4. The van der Waals surface area contributed by atoms with Crippen molar-refractivity contribution in [2.75, 3.05) is 0 Å². The molecule has 0 spiro atoms. The molecule has 1 fully saturated rings. The highest BCUT2D eigenvalue weighted by atomic mass is 16.1. The molecule has 1 aromatic carbocycles. The zero-order valence-corrected chi connectivity index (χ0v) is 20.6. The molecule has 3 aromatic rings. The molecule has 2 heterocycles. The highest BCUT2D eigenvalue weighted by Crippen LogP contribution is 2.22. The van der Waals surface area contributed by atoms with Gasteiger partial charge in [-0.3, -0.25) is 9.59 Å². The first-order valence-electron chi connectivity index (χ1n) is 11.4. The van der Waals surface area contributed by atoms with Gasteiger partial charge >= 0.3 is 0 Å². The highest BCUT2D eigenvalue weighted by Gasteiger charge is 2.23. The van der Waals surface area contributed by atoms with E-state index >= 15 is 0 Å². The number of Topliss-reactive ketones (excluding diaryl/α,β-unsaturated/α-hetero) is 1. The molecular formula is C28H32N4O2. The predicted molar refractivity (Wildman–Crippen MR) is 136 cm³/mol. The van der Waals surface area contributed by atoms with E-state index in [-0.39, 0.29) is 11.7 Å². The minimum Gasteiger partial charge on any atom is -0.349 e. The molecule has 1 saturated carbocycles. The lowest BCUT2D eigenvalue weighted by molar-refractivity contribution is 0.0950. The summed E-state index contributed by atoms with van der Waals surface area (Å²) in [6.45, 7) is 13.5. The van der Waals surface area contributed by atoms with E-state index in [0.717, 1.165) is 35.2 Å². The van der Waals surface area contributed by atoms with Crippen molar-refractivity contribution in [1.82, 2.24) is 19.9 Å². The number of fused-ring (bicyclic) bond motifs is 1. The van der Waals surface area contributed by atoms with E-state index in [1.165, 1.54) is 17.5 Å². The number of ketones is 1. The first-order chi connectivity index (χ1) is 16.3. The SMILES string of the molecule is C=C/C(=C\C=C/C)C(=O)c1cn2ncnc(C)c2c1C.Cc1ccc(C(=O)NC2CC2)cc1C. The molecule has 0 bridgehead atoms. The first kappa shape index (κ1) is 24.8. The molecule has 176 valence electrons. The molecule has 34 heavy (non-hydrogen) atoms. The van der Waals surface area contributed by atoms with Crippen LogP contribution in [-0.2, 0) is 0 Å². The molecule has 1 amide bonds. The summed E-state index contributed by atoms with van der Waals surface area (Å²) >= 11 is 0. The Balaban J connectivity index is 0.000000202. The largest absolute Gasteiger partial charge is 0.349 e. The summed E-state index contributed by atoms with van der Waals surface area (Å²) in [6, 6.07) is 6.27. The lowest BCUT2D eigenvalue weighted by Gasteiger charge is -2.05. The van der Waals surface area contributed by atoms with E-state index in [1.54, 1.807) is 22.9 Å². The van der Waals surface area contributed by atoms with Crippen molar-refractivity contribution in [2.45, 2.75) is 53.5 Å². The summed E-state index contributed by atoms with van der Waals surface area (Å²) in [7, 11) is 0. The van der Waals surface area contributed by atoms with Crippen LogP contribution in [-0.4, -0.2) is 32.3 Å². The van der Waals surface area contributed by atoms with Gasteiger partial charge in [-0.05, 0) is 76.3 Å². The molecule has 6 heteroatoms. The van der Waals surface area contributed by atoms with Gasteiger partial charge in [0.25, 0.3) is 5.91 Å². The Morgan fingerprint density at radius 2 is 1.88 bits per heavy atom. The normalized spacial score (nSPS) is 13.5. The third-order valence-corrected chi connectivity index (χ3v) is 5.89. The molecule has 6 nitrogen and oxygen atoms in total. The minimum absolute atomic E-state index is 0.0551. The lowest BCUT2D eigenvalue weighted by atomic mass is 10.0. The van der Waals surface area contributed by atoms with Crippen molar-refractivity contribution in [3.8, 4) is 0 Å². The second-order valence-electron chi connectivity index (χ2n) is 8.53. The predicted octanol–water partition coefficient (Wildman–Crippen LogP) is 5.41. The number of aromatic nitrogens is 3. The Morgan fingerprint density at radius 1 is 1.15 bits per heavy atom. The van der Waals surface area contributed by atoms with Crippen molar-refractivity contribution in [2.24, 2.45) is 0 Å². The lowest BCUT2D eigenvalue weighted by Crippen LogP contribution is -2.25. The molecule has 0 radical (unpaired) electrons. The molecule has 2 aromatic heterocycles. The molecule has 0 saturated heterocycles. The van der Waals surface area contributed by atoms with E-state index in [4.69, 9.17) is 0 Å². The third-order valence-electron chi connectivity index (χ3n) is 5.89. The average molecular weight is 457 g/mol. The standard InChI is InChI=1S/C16H17N3O.C12H15NO/c1-5-7-8-13(6-2)16(20)14-9-19-15(11(14)3)12(4)17-10-18-19;1-8-3-4-10(7-9(8)2)12(14)13-11-5-6-11/h5-10H,2H2,1,3-4H3;3-4,7,11H,5-6H2,1-2H3,(H,13,14)/b7-5-,13-8+;. The van der Waals surface area contributed by atoms with Crippen molar-refractivity contribution < 1.29 is 9.59 Å². The van der Waals surface area contributed by atoms with Crippen molar-refractivity contribution in [1.29, 1.82) is 0 Å². The van der Waals surface area contributed by atoms with Crippen molar-refractivity contribution in [3.63, 3.8) is 0 Å². The summed E-state index contributed by atoms with van der Waals surface area (Å²) < 4.78 is 1.70. The monoisotopic (exact) mass is 456 g/mol. The Kier molecular flexibility index (Phi) is 7.95. The number of benzene rings is 1. The molecule has 1 aliphatic carbocycles. The number of nitrogens with zero attached hydrogens (tertiary/aromatic N) is 3. The Labute approximate surface area is 201 Å². The molecule has 0 atom stereocenters. The van der Waals surface area contributed by atoms with E-state index in [0.29, 0.717) is 17.2 Å². The van der Waals surface area contributed by atoms with E-state index in [9.17, 15) is 9.59 Å². The molecule has 1 N–H and O–H groups in total. The van der Waals surface area contributed by atoms with Crippen LogP contribution in [0.3, 0.4) is 0 Å². The Morgan fingerprint density at radius 3 is 2.47 bits per heavy atom. The summed E-state index contributed by atoms with van der Waals surface area (Å²) in [4.78, 5) is 28.4. The van der Waals surface area contributed by atoms with Crippen LogP contribution in [0.4, 0.5) is 0 Å². The minimum atomic E-state index is -0.0551. The van der Waals surface area contributed by atoms with E-state index in [1.807, 2.05) is 58.0 Å². The number of rotatable bonds is 6. The number of allylic oxidation sites excluding steroid dienone is 5. The van der Waals surface area contributed by atoms with Gasteiger partial charge in [-0.1, -0.05) is 36.9 Å². The number of hydrogen-bond donors (Lipinski definition) is 1. The average Bonchev–Trinajstić information content (AvgIpc) is 3.57. The maximum atomic E-state index is 12.5. The zero-order chi connectivity index (χ0) is 24.8. The maximum Gasteiger partial charge on any atom is 0.251 e. The van der Waals surface area contributed by atoms with Gasteiger partial charge in [0, 0.05) is 28.9 Å². The Bertz CT molecular complexity index is 1290. The van der Waals surface area contributed by atoms with Gasteiger partial charge in [0.2, 0.25) is 0 Å². The molecular weight excluding hydrogens is 424 g/mol. The van der Waals surface area contributed by atoms with Crippen LogP contribution in [0.1, 0.15) is 62.9 Å². The van der Waals surface area contributed by atoms with Gasteiger partial charge in [-0.15, -0.1) is 0 Å². The van der Waals surface area contributed by atoms with E-state index in [2.05, 4.69) is 28.9 Å². The topological polar surface area (TPSA) is 76.4 Å². The van der Waals surface area contributed by atoms with Crippen molar-refractivity contribution in [3.05, 3.63) is 101 Å². The fourth-order valence-electron chi connectivity index (χ4n) is 3.54. The quantitative estimate of drug-likeness (QED) is 0.306. The summed E-state index contributed by atoms with van der Waals surface area (Å²) in [5.74, 6) is 0.0103. The van der Waals surface area contributed by atoms with Crippen LogP contribution in [0.25, 0.3) is 5.52 Å². The molecule has 4 rings (SSSR count). The highest BCUT2D eigenvalue weighted by molar-refractivity contribution is 6.12. The second-order valence-corrected chi connectivity index (χ2v) is 8.53. The van der Waals surface area contributed by atoms with Gasteiger partial charge in [-0.2, -0.15) is 5.10 Å². The summed E-state index contributed by atoms with van der Waals surface area (Å²) in [5.41, 5.74) is 7.00. The van der Waals surface area contributed by atoms with Crippen LogP contribution in [0.5, 0.6) is 0 Å². The number of hydrogen-bond acceptors (Lipinski definition) is 4. The van der Waals surface area contributed by atoms with Gasteiger partial charge in [0.15, 0.2) is 5.78 Å². The van der Waals surface area contributed by atoms with Gasteiger partial charge in [0.05, 0.1) is 11.2 Å². The van der Waals surface area contributed by atoms with E-state index < -0.39 is 0 Å². The number of amides is 1. The smallest absolute Gasteiger partial charge is 0.251 e. The van der Waals surface area contributed by atoms with Crippen molar-refractivity contribution >= 4 is 17.2 Å². The number of carbonyl (C=O) groups excluding carboxylic acids is 2. The van der Waals surface area contributed by atoms with Crippen LogP contribution < -0.4 is 5.32 Å². The Hall–Kier alpha value is -3.80. The van der Waals surface area contributed by atoms with Crippen LogP contribution in [0.2, 0.25) is 0 Å². The van der Waals surface area contributed by atoms with Gasteiger partial charge in [0.1, 0.15) is 6.33 Å². The van der Waals surface area contributed by atoms with Gasteiger partial charge < -0.3 is 5.32 Å². The summed E-state index contributed by atoms with van der Waals surface area (Å²) in [5, 5.41) is 7.13. The fourth-order valence-corrected chi connectivity index (χ4v) is 3.54. The maximum absolute atomic E-state index is 12.5. The number of nitrogens with one attached hydrogen (secondary N) is 1. The number of carbonyl (C=O) groups is 2. The summed E-state index contributed by atoms with van der Waals surface area (Å²) in [6.07, 6.45) is 12.5. The molecule has 0 aliphatic heterocycles. The molecule has 1 aliphatic rings. The first-order valence-corrected chi connectivity index (χ1v) is 11.4. The van der Waals surface area contributed by atoms with Crippen LogP contribution in [0.15, 0.2) is 67.2 Å². The zero-order valence-electron chi connectivity index (χ0n) is 20.6. The van der Waals surface area contributed by atoms with Crippen LogP contribution >= 0.6 is 0 Å². The molecule has 0 unspecified atom stereocenters. The fraction of sp³-hybridized carbons (Fsp3) is 0.286. The van der Waals surface area contributed by atoms with Gasteiger partial charge in [-0.25, -0.2) is 9.50 Å². The second kappa shape index (κ2) is 10.9. The van der Waals surface area contributed by atoms with Crippen LogP contribution in [0, 0.1) is 27.7 Å².